The maximum absolute atomic E-state index is 12.3. The predicted molar refractivity (Wildman–Crippen MR) is 76.8 cm³/mol. The summed E-state index contributed by atoms with van der Waals surface area (Å²) in [4.78, 5) is 33.7. The van der Waals surface area contributed by atoms with Crippen LogP contribution in [0.2, 0.25) is 0 Å². The van der Waals surface area contributed by atoms with Crippen LogP contribution in [0.15, 0.2) is 0 Å². The molecular weight excluding hydrogens is 272 g/mol. The second kappa shape index (κ2) is 6.66. The molecule has 1 saturated heterocycles. The second-order valence-electron chi connectivity index (χ2n) is 5.37. The zero-order valence-electron chi connectivity index (χ0n) is 12.8. The van der Waals surface area contributed by atoms with Gasteiger partial charge in [-0.15, -0.1) is 5.10 Å². The molecule has 2 amide bonds. The van der Waals surface area contributed by atoms with Crippen molar-refractivity contribution in [3.8, 4) is 0 Å². The molecule has 2 rings (SSSR count). The number of likely N-dealkylation sites (N-methyl/N-ethyl adjacent to an activating group) is 1. The molecule has 1 aromatic rings. The molecule has 0 radical (unpaired) electrons. The summed E-state index contributed by atoms with van der Waals surface area (Å²) in [6.07, 6.45) is 0.715. The summed E-state index contributed by atoms with van der Waals surface area (Å²) in [6.45, 7) is 4.51. The molecule has 2 heterocycles. The van der Waals surface area contributed by atoms with Gasteiger partial charge in [0.05, 0.1) is 6.54 Å². The van der Waals surface area contributed by atoms with Crippen molar-refractivity contribution in [1.29, 1.82) is 0 Å². The number of piperazine rings is 1. The molecule has 0 bridgehead atoms. The number of nitrogens with one attached hydrogen (secondary N) is 1. The highest BCUT2D eigenvalue weighted by Crippen LogP contribution is 2.07. The molecule has 0 spiro atoms. The lowest BCUT2D eigenvalue weighted by Gasteiger charge is -2.34. The van der Waals surface area contributed by atoms with E-state index in [1.165, 1.54) is 0 Å². The van der Waals surface area contributed by atoms with Gasteiger partial charge < -0.3 is 14.7 Å². The molecule has 0 unspecified atom stereocenters. The van der Waals surface area contributed by atoms with Gasteiger partial charge in [0.25, 0.3) is 5.91 Å². The second-order valence-corrected chi connectivity index (χ2v) is 5.37. The Kier molecular flexibility index (Phi) is 4.89. The third-order valence-electron chi connectivity index (χ3n) is 3.43. The number of carbonyl (C=O) groups is 2. The highest BCUT2D eigenvalue weighted by atomic mass is 16.2. The highest BCUT2D eigenvalue weighted by Gasteiger charge is 2.26. The van der Waals surface area contributed by atoms with Crippen molar-refractivity contribution < 1.29 is 9.59 Å². The van der Waals surface area contributed by atoms with Crippen LogP contribution in [0.5, 0.6) is 0 Å². The Morgan fingerprint density at radius 1 is 1.19 bits per heavy atom. The Bertz CT molecular complexity index is 505. The van der Waals surface area contributed by atoms with Gasteiger partial charge in [-0.25, -0.2) is 4.98 Å². The Morgan fingerprint density at radius 3 is 2.33 bits per heavy atom. The highest BCUT2D eigenvalue weighted by molar-refractivity contribution is 5.90. The fourth-order valence-corrected chi connectivity index (χ4v) is 2.22. The van der Waals surface area contributed by atoms with Crippen LogP contribution in [-0.2, 0) is 11.2 Å². The number of rotatable bonds is 4. The van der Waals surface area contributed by atoms with Gasteiger partial charge in [0, 0.05) is 32.6 Å². The van der Waals surface area contributed by atoms with Crippen LogP contribution < -0.4 is 0 Å². The van der Waals surface area contributed by atoms with E-state index in [-0.39, 0.29) is 17.6 Å². The minimum Gasteiger partial charge on any atom is -0.338 e. The maximum atomic E-state index is 12.3. The standard InChI is InChI=1S/C13H22N6O2/c1-4-10-14-12(16-15-10)13(21)19-7-5-18(6-8-19)11(20)9-17(2)3/h4-9H2,1-3H3,(H,14,15,16). The van der Waals surface area contributed by atoms with Crippen molar-refractivity contribution in [2.24, 2.45) is 0 Å². The van der Waals surface area contributed by atoms with Gasteiger partial charge in [0.1, 0.15) is 5.82 Å². The lowest BCUT2D eigenvalue weighted by molar-refractivity contribution is -0.133. The van der Waals surface area contributed by atoms with Crippen LogP contribution in [-0.4, -0.2) is 88.5 Å². The van der Waals surface area contributed by atoms with Gasteiger partial charge in [0.2, 0.25) is 11.7 Å². The average Bonchev–Trinajstić information content (AvgIpc) is 2.95. The van der Waals surface area contributed by atoms with Crippen LogP contribution in [0, 0.1) is 0 Å². The summed E-state index contributed by atoms with van der Waals surface area (Å²) >= 11 is 0. The predicted octanol–water partition coefficient (Wildman–Crippen LogP) is -0.787. The molecular formula is C13H22N6O2. The zero-order valence-corrected chi connectivity index (χ0v) is 12.8. The number of aromatic nitrogens is 3. The number of aryl methyl sites for hydroxylation is 1. The fraction of sp³-hybridized carbons (Fsp3) is 0.692. The molecule has 1 aromatic heterocycles. The SMILES string of the molecule is CCc1nc(C(=O)N2CCN(C(=O)CN(C)C)CC2)n[nH]1. The van der Waals surface area contributed by atoms with Gasteiger partial charge >= 0.3 is 0 Å². The summed E-state index contributed by atoms with van der Waals surface area (Å²) in [5.74, 6) is 0.835. The molecule has 0 aromatic carbocycles. The van der Waals surface area contributed by atoms with E-state index in [4.69, 9.17) is 0 Å². The number of nitrogens with zero attached hydrogens (tertiary/aromatic N) is 5. The van der Waals surface area contributed by atoms with Crippen LogP contribution >= 0.6 is 0 Å². The third-order valence-corrected chi connectivity index (χ3v) is 3.43. The monoisotopic (exact) mass is 294 g/mol. The number of aromatic amines is 1. The minimum absolute atomic E-state index is 0.0956. The number of carbonyl (C=O) groups excluding carboxylic acids is 2. The first-order chi connectivity index (χ1) is 10.0. The number of hydrogen-bond donors (Lipinski definition) is 1. The van der Waals surface area contributed by atoms with Crippen molar-refractivity contribution in [1.82, 2.24) is 29.9 Å². The molecule has 0 atom stereocenters. The lowest BCUT2D eigenvalue weighted by Crippen LogP contribution is -2.52. The van der Waals surface area contributed by atoms with Crippen molar-refractivity contribution in [3.63, 3.8) is 0 Å². The summed E-state index contributed by atoms with van der Waals surface area (Å²) in [5, 5.41) is 6.69. The molecule has 0 aliphatic carbocycles. The van der Waals surface area contributed by atoms with E-state index in [1.807, 2.05) is 25.9 Å². The van der Waals surface area contributed by atoms with Crippen LogP contribution in [0.1, 0.15) is 23.4 Å². The molecule has 116 valence electrons. The first-order valence-electron chi connectivity index (χ1n) is 7.14. The zero-order chi connectivity index (χ0) is 15.4. The van der Waals surface area contributed by atoms with Gasteiger partial charge in [-0.3, -0.25) is 14.7 Å². The molecule has 0 saturated carbocycles. The number of hydrogen-bond acceptors (Lipinski definition) is 5. The summed E-state index contributed by atoms with van der Waals surface area (Å²) in [5.41, 5.74) is 0. The largest absolute Gasteiger partial charge is 0.338 e. The van der Waals surface area contributed by atoms with Crippen molar-refractivity contribution in [2.75, 3.05) is 46.8 Å². The molecule has 1 aliphatic heterocycles. The topological polar surface area (TPSA) is 85.4 Å². The molecule has 1 aliphatic rings. The van der Waals surface area contributed by atoms with Crippen molar-refractivity contribution in [2.45, 2.75) is 13.3 Å². The van der Waals surface area contributed by atoms with E-state index in [0.29, 0.717) is 45.0 Å². The molecule has 1 N–H and O–H groups in total. The number of H-pyrrole nitrogens is 1. The normalized spacial score (nSPS) is 15.6. The van der Waals surface area contributed by atoms with Gasteiger partial charge in [0.15, 0.2) is 0 Å². The molecule has 8 nitrogen and oxygen atoms in total. The molecule has 21 heavy (non-hydrogen) atoms. The van der Waals surface area contributed by atoms with Crippen LogP contribution in [0.25, 0.3) is 0 Å². The van der Waals surface area contributed by atoms with E-state index < -0.39 is 0 Å². The summed E-state index contributed by atoms with van der Waals surface area (Å²) < 4.78 is 0. The molecule has 1 fully saturated rings. The third kappa shape index (κ3) is 3.78. The summed E-state index contributed by atoms with van der Waals surface area (Å²) in [7, 11) is 3.73. The van der Waals surface area contributed by atoms with E-state index >= 15 is 0 Å². The quantitative estimate of drug-likeness (QED) is 0.787. The Balaban J connectivity index is 1.88. The average molecular weight is 294 g/mol. The Hall–Kier alpha value is -1.96. The van der Waals surface area contributed by atoms with E-state index in [9.17, 15) is 9.59 Å². The van der Waals surface area contributed by atoms with Gasteiger partial charge in [-0.1, -0.05) is 6.92 Å². The Labute approximate surface area is 124 Å². The fourth-order valence-electron chi connectivity index (χ4n) is 2.22. The van der Waals surface area contributed by atoms with Crippen molar-refractivity contribution >= 4 is 11.8 Å². The van der Waals surface area contributed by atoms with E-state index in [2.05, 4.69) is 15.2 Å². The van der Waals surface area contributed by atoms with E-state index in [0.717, 1.165) is 0 Å². The van der Waals surface area contributed by atoms with E-state index in [1.54, 1.807) is 9.80 Å². The first-order valence-corrected chi connectivity index (χ1v) is 7.14. The molecule has 8 heteroatoms. The smallest absolute Gasteiger partial charge is 0.293 e. The first kappa shape index (κ1) is 15.4. The van der Waals surface area contributed by atoms with Gasteiger partial charge in [-0.2, -0.15) is 0 Å². The Morgan fingerprint density at radius 2 is 1.81 bits per heavy atom. The number of amides is 2. The summed E-state index contributed by atoms with van der Waals surface area (Å²) in [6, 6.07) is 0. The van der Waals surface area contributed by atoms with Crippen LogP contribution in [0.4, 0.5) is 0 Å². The maximum Gasteiger partial charge on any atom is 0.293 e. The van der Waals surface area contributed by atoms with Crippen molar-refractivity contribution in [3.05, 3.63) is 11.6 Å². The van der Waals surface area contributed by atoms with Crippen LogP contribution in [0.3, 0.4) is 0 Å². The lowest BCUT2D eigenvalue weighted by atomic mass is 10.3. The van der Waals surface area contributed by atoms with Gasteiger partial charge in [-0.05, 0) is 14.1 Å². The minimum atomic E-state index is -0.175.